The molecule has 7 nitrogen and oxygen atoms in total. The van der Waals surface area contributed by atoms with E-state index < -0.39 is 22.7 Å². The first-order valence-corrected chi connectivity index (χ1v) is 12.0. The van der Waals surface area contributed by atoms with Crippen LogP contribution >= 0.6 is 11.8 Å². The van der Waals surface area contributed by atoms with Crippen molar-refractivity contribution in [1.82, 2.24) is 4.72 Å². The molecular weight excluding hydrogens is 450 g/mol. The van der Waals surface area contributed by atoms with E-state index in [1.54, 1.807) is 54.6 Å². The minimum absolute atomic E-state index is 0.00209. The summed E-state index contributed by atoms with van der Waals surface area (Å²) in [6.07, 6.45) is -1.19. The molecule has 3 aromatic carbocycles. The lowest BCUT2D eigenvalue weighted by Gasteiger charge is -2.19. The molecule has 3 N–H and O–H groups in total. The van der Waals surface area contributed by atoms with Crippen LogP contribution in [0.5, 0.6) is 0 Å². The summed E-state index contributed by atoms with van der Waals surface area (Å²) in [6.45, 7) is -0.853. The number of benzene rings is 3. The van der Waals surface area contributed by atoms with Crippen molar-refractivity contribution in [3.63, 3.8) is 0 Å². The first kappa shape index (κ1) is 22.4. The fourth-order valence-electron chi connectivity index (χ4n) is 3.37. The smallest absolute Gasteiger partial charge is 0.240 e. The van der Waals surface area contributed by atoms with Crippen LogP contribution in [0.15, 0.2) is 81.4 Å². The standard InChI is InChI=1S/C23H19NO6S2/c25-13-14(26)12-24-32(29,30)16-10-8-15(9-11-16)31-20-7-3-6-19-21(20)23(28)18-5-2-1-4-17(18)22(19)27/h1-11,14,24-26H,12-13H2. The van der Waals surface area contributed by atoms with Crippen LogP contribution in [0.4, 0.5) is 0 Å². The van der Waals surface area contributed by atoms with E-state index in [4.69, 9.17) is 5.11 Å². The summed E-state index contributed by atoms with van der Waals surface area (Å²) in [5, 5.41) is 18.2. The number of sulfonamides is 1. The molecule has 0 fully saturated rings. The van der Waals surface area contributed by atoms with Gasteiger partial charge in [0.25, 0.3) is 0 Å². The third kappa shape index (κ3) is 4.25. The van der Waals surface area contributed by atoms with E-state index in [1.165, 1.54) is 23.9 Å². The van der Waals surface area contributed by atoms with E-state index in [9.17, 15) is 23.1 Å². The topological polar surface area (TPSA) is 121 Å². The normalized spacial score (nSPS) is 14.1. The number of hydrogen-bond donors (Lipinski definition) is 3. The van der Waals surface area contributed by atoms with Gasteiger partial charge < -0.3 is 10.2 Å². The number of aliphatic hydroxyl groups excluding tert-OH is 2. The molecule has 0 aliphatic heterocycles. The summed E-state index contributed by atoms with van der Waals surface area (Å²) < 4.78 is 26.9. The van der Waals surface area contributed by atoms with Gasteiger partial charge in [-0.2, -0.15) is 0 Å². The monoisotopic (exact) mass is 469 g/mol. The molecule has 4 rings (SSSR count). The highest BCUT2D eigenvalue weighted by Gasteiger charge is 2.31. The Balaban J connectivity index is 1.60. The maximum Gasteiger partial charge on any atom is 0.240 e. The molecule has 0 amide bonds. The summed E-state index contributed by atoms with van der Waals surface area (Å²) >= 11 is 1.26. The molecule has 1 aliphatic carbocycles. The zero-order valence-corrected chi connectivity index (χ0v) is 18.3. The van der Waals surface area contributed by atoms with Crippen molar-refractivity contribution in [3.8, 4) is 0 Å². The summed E-state index contributed by atoms with van der Waals surface area (Å²) in [4.78, 5) is 27.3. The Hall–Kier alpha value is -2.82. The van der Waals surface area contributed by atoms with Gasteiger partial charge in [0.15, 0.2) is 11.6 Å². The Bertz CT molecular complexity index is 1300. The first-order valence-electron chi connectivity index (χ1n) is 9.70. The molecule has 1 unspecified atom stereocenters. The third-order valence-corrected chi connectivity index (χ3v) is 7.50. The van der Waals surface area contributed by atoms with E-state index in [2.05, 4.69) is 4.72 Å². The lowest BCUT2D eigenvalue weighted by Crippen LogP contribution is -2.33. The molecule has 0 saturated carbocycles. The molecule has 0 heterocycles. The second-order valence-corrected chi connectivity index (χ2v) is 10.0. The molecule has 3 aromatic rings. The maximum absolute atomic E-state index is 13.1. The second-order valence-electron chi connectivity index (χ2n) is 7.14. The van der Waals surface area contributed by atoms with Crippen LogP contribution in [-0.2, 0) is 10.0 Å². The Morgan fingerprint density at radius 2 is 1.47 bits per heavy atom. The fourth-order valence-corrected chi connectivity index (χ4v) is 5.42. The Labute approximate surface area is 189 Å². The molecule has 164 valence electrons. The zero-order valence-electron chi connectivity index (χ0n) is 16.7. The third-order valence-electron chi connectivity index (χ3n) is 5.00. The number of ketones is 2. The van der Waals surface area contributed by atoms with Crippen LogP contribution in [0.1, 0.15) is 31.8 Å². The molecule has 0 aromatic heterocycles. The predicted molar refractivity (Wildman–Crippen MR) is 119 cm³/mol. The molecule has 0 bridgehead atoms. The highest BCUT2D eigenvalue weighted by Crippen LogP contribution is 2.37. The van der Waals surface area contributed by atoms with Crippen molar-refractivity contribution in [2.45, 2.75) is 20.8 Å². The lowest BCUT2D eigenvalue weighted by molar-refractivity contribution is 0.0977. The van der Waals surface area contributed by atoms with Crippen LogP contribution in [-0.4, -0.2) is 49.5 Å². The molecule has 0 spiro atoms. The van der Waals surface area contributed by atoms with E-state index in [-0.39, 0.29) is 23.0 Å². The van der Waals surface area contributed by atoms with Gasteiger partial charge in [-0.3, -0.25) is 9.59 Å². The average molecular weight is 470 g/mol. The number of carbonyl (C=O) groups is 2. The van der Waals surface area contributed by atoms with Gasteiger partial charge in [-0.1, -0.05) is 48.2 Å². The van der Waals surface area contributed by atoms with E-state index in [0.29, 0.717) is 32.0 Å². The van der Waals surface area contributed by atoms with Gasteiger partial charge in [-0.05, 0) is 30.3 Å². The highest BCUT2D eigenvalue weighted by molar-refractivity contribution is 7.99. The second kappa shape index (κ2) is 8.97. The van der Waals surface area contributed by atoms with Crippen molar-refractivity contribution in [2.75, 3.05) is 13.2 Å². The summed E-state index contributed by atoms with van der Waals surface area (Å²) in [5.41, 5.74) is 1.46. The van der Waals surface area contributed by atoms with Crippen molar-refractivity contribution >= 4 is 33.4 Å². The average Bonchev–Trinajstić information content (AvgIpc) is 2.81. The Morgan fingerprint density at radius 1 is 0.844 bits per heavy atom. The maximum atomic E-state index is 13.1. The summed E-state index contributed by atoms with van der Waals surface area (Å²) in [5.74, 6) is -0.417. The van der Waals surface area contributed by atoms with E-state index >= 15 is 0 Å². The largest absolute Gasteiger partial charge is 0.394 e. The number of rotatable bonds is 7. The predicted octanol–water partition coefficient (Wildman–Crippen LogP) is 2.24. The quantitative estimate of drug-likeness (QED) is 0.380. The Morgan fingerprint density at radius 3 is 2.12 bits per heavy atom. The Kier molecular flexibility index (Phi) is 6.27. The molecule has 0 saturated heterocycles. The number of fused-ring (bicyclic) bond motifs is 2. The van der Waals surface area contributed by atoms with Crippen LogP contribution in [0.3, 0.4) is 0 Å². The van der Waals surface area contributed by atoms with Gasteiger partial charge in [-0.15, -0.1) is 0 Å². The molecule has 9 heteroatoms. The van der Waals surface area contributed by atoms with Gasteiger partial charge in [0.05, 0.1) is 17.6 Å². The van der Waals surface area contributed by atoms with Crippen LogP contribution in [0.25, 0.3) is 0 Å². The van der Waals surface area contributed by atoms with Gasteiger partial charge in [0.2, 0.25) is 10.0 Å². The summed E-state index contributed by atoms with van der Waals surface area (Å²) in [6, 6.07) is 17.9. The van der Waals surface area contributed by atoms with Crippen molar-refractivity contribution < 1.29 is 28.2 Å². The minimum Gasteiger partial charge on any atom is -0.394 e. The summed E-state index contributed by atoms with van der Waals surface area (Å²) in [7, 11) is -3.85. The molecule has 32 heavy (non-hydrogen) atoms. The van der Waals surface area contributed by atoms with Gasteiger partial charge in [0, 0.05) is 38.6 Å². The van der Waals surface area contributed by atoms with Crippen LogP contribution < -0.4 is 4.72 Å². The highest BCUT2D eigenvalue weighted by atomic mass is 32.2. The number of nitrogens with one attached hydrogen (secondary N) is 1. The van der Waals surface area contributed by atoms with Crippen LogP contribution in [0.2, 0.25) is 0 Å². The van der Waals surface area contributed by atoms with Crippen LogP contribution in [0, 0.1) is 0 Å². The number of hydrogen-bond acceptors (Lipinski definition) is 7. The molecule has 1 aliphatic rings. The van der Waals surface area contributed by atoms with Crippen molar-refractivity contribution in [1.29, 1.82) is 0 Å². The zero-order chi connectivity index (χ0) is 22.9. The van der Waals surface area contributed by atoms with E-state index in [0.717, 1.165) is 0 Å². The molecule has 0 radical (unpaired) electrons. The lowest BCUT2D eigenvalue weighted by atomic mass is 9.84. The van der Waals surface area contributed by atoms with E-state index in [1.807, 2.05) is 0 Å². The van der Waals surface area contributed by atoms with Gasteiger partial charge in [0.1, 0.15) is 0 Å². The number of carbonyl (C=O) groups excluding carboxylic acids is 2. The SMILES string of the molecule is O=C1c2ccccc2C(=O)c2c(Sc3ccc(S(=O)(=O)NCC(O)CO)cc3)cccc21. The molecule has 1 atom stereocenters. The van der Waals surface area contributed by atoms with Gasteiger partial charge in [-0.25, -0.2) is 13.1 Å². The fraction of sp³-hybridized carbons (Fsp3) is 0.130. The van der Waals surface area contributed by atoms with Crippen molar-refractivity contribution in [2.24, 2.45) is 0 Å². The minimum atomic E-state index is -3.85. The first-order chi connectivity index (χ1) is 15.3. The van der Waals surface area contributed by atoms with Crippen molar-refractivity contribution in [3.05, 3.63) is 89.0 Å². The van der Waals surface area contributed by atoms with Gasteiger partial charge >= 0.3 is 0 Å². The number of aliphatic hydroxyl groups is 2. The molecular formula is C23H19NO6S2.